The zero-order valence-corrected chi connectivity index (χ0v) is 46.8. The first-order chi connectivity index (χ1) is 38.0. The first-order valence-corrected chi connectivity index (χ1v) is 31.4. The maximum atomic E-state index is 14.0. The summed E-state index contributed by atoms with van der Waals surface area (Å²) in [4.78, 5) is 55.8. The van der Waals surface area contributed by atoms with Crippen LogP contribution < -0.4 is 0 Å². The van der Waals surface area contributed by atoms with Gasteiger partial charge in [0.25, 0.3) is 11.8 Å². The third-order valence-corrected chi connectivity index (χ3v) is 19.8. The van der Waals surface area contributed by atoms with Crippen molar-refractivity contribution < 1.29 is 45.9 Å². The molecule has 4 fully saturated rings. The normalized spacial score (nSPS) is 18.7. The van der Waals surface area contributed by atoms with Crippen LogP contribution in [0, 0.1) is 0 Å². The zero-order valence-electron chi connectivity index (χ0n) is 45.2. The number of esters is 1. The van der Waals surface area contributed by atoms with E-state index < -0.39 is 26.0 Å². The van der Waals surface area contributed by atoms with Gasteiger partial charge < -0.3 is 28.8 Å². The molecule has 0 radical (unpaired) electrons. The largest absolute Gasteiger partial charge is 0.478 e. The maximum absolute atomic E-state index is 14.0. The van der Waals surface area contributed by atoms with Gasteiger partial charge in [-0.1, -0.05) is 99.2 Å². The zero-order chi connectivity index (χ0) is 55.3. The van der Waals surface area contributed by atoms with E-state index in [1.54, 1.807) is 21.9 Å². The van der Waals surface area contributed by atoms with Gasteiger partial charge in [0.15, 0.2) is 0 Å². The summed E-state index contributed by atoms with van der Waals surface area (Å²) in [6, 6.07) is 27.5. The second kappa shape index (κ2) is 22.0. The van der Waals surface area contributed by atoms with Gasteiger partial charge in [0.2, 0.25) is 20.0 Å². The van der Waals surface area contributed by atoms with Gasteiger partial charge >= 0.3 is 11.9 Å². The number of hydrogen-bond acceptors (Lipinski definition) is 9. The number of amides is 2. The summed E-state index contributed by atoms with van der Waals surface area (Å²) in [5.74, 6) is -0.770. The maximum Gasteiger partial charge on any atom is 0.337 e. The molecule has 12 rings (SSSR count). The highest BCUT2D eigenvalue weighted by Gasteiger charge is 2.35. The fourth-order valence-corrected chi connectivity index (χ4v) is 14.9. The molecule has 18 heteroatoms. The molecule has 6 heterocycles. The molecule has 2 amide bonds. The van der Waals surface area contributed by atoms with Crippen molar-refractivity contribution >= 4 is 77.8 Å². The van der Waals surface area contributed by atoms with Crippen molar-refractivity contribution in [3.63, 3.8) is 0 Å². The van der Waals surface area contributed by atoms with E-state index in [9.17, 15) is 41.1 Å². The van der Waals surface area contributed by atoms with E-state index in [1.165, 1.54) is 77.9 Å². The number of benzene rings is 4. The lowest BCUT2D eigenvalue weighted by atomic mass is 9.81. The Kier molecular flexibility index (Phi) is 15.1. The van der Waals surface area contributed by atoms with Gasteiger partial charge in [-0.2, -0.15) is 8.61 Å². The third-order valence-electron chi connectivity index (χ3n) is 17.2. The average molecular weight is 1110 g/mol. The molecular weight excluding hydrogens is 1040 g/mol. The number of carbonyl (C=O) groups is 4. The third kappa shape index (κ3) is 10.6. The molecule has 6 aromatic rings. The predicted octanol–water partition coefficient (Wildman–Crippen LogP) is 9.20. The summed E-state index contributed by atoms with van der Waals surface area (Å²) in [5.41, 5.74) is 12.6. The molecule has 4 aromatic carbocycles. The summed E-state index contributed by atoms with van der Waals surface area (Å²) in [5, 5.41) is 12.0. The lowest BCUT2D eigenvalue weighted by Gasteiger charge is -2.33. The van der Waals surface area contributed by atoms with E-state index in [2.05, 4.69) is 27.3 Å². The summed E-state index contributed by atoms with van der Waals surface area (Å²) in [6.07, 6.45) is 18.0. The number of hydrogen-bond donors (Lipinski definition) is 1. The number of fused-ring (bicyclic) bond motifs is 10. The Morgan fingerprint density at radius 1 is 0.519 bits per heavy atom. The monoisotopic (exact) mass is 1110 g/mol. The second-order valence-corrected chi connectivity index (χ2v) is 26.0. The van der Waals surface area contributed by atoms with E-state index in [1.807, 2.05) is 66.7 Å². The van der Waals surface area contributed by atoms with Crippen molar-refractivity contribution in [3.8, 4) is 22.5 Å². The SMILES string of the molecule is COC(=O)c1ccc2c(C3CCCCC3)c3n(c2c1)CC(C(=O)N1CCN(S(C)(=O)=O)CC1)=Cc1ccccc1-3.CS(=O)(=O)N1CCN(C(=O)C2=Cc3ccccc3-c3c(C4CCCCC4)c4ccc(C(=O)O)cc4n3C2)CC1. The van der Waals surface area contributed by atoms with Crippen LogP contribution in [0.25, 0.3) is 56.5 Å². The minimum absolute atomic E-state index is 0.0824. The van der Waals surface area contributed by atoms with Crippen LogP contribution in [0.15, 0.2) is 96.1 Å². The molecule has 1 N–H and O–H groups in total. The second-order valence-electron chi connectivity index (χ2n) is 22.0. The van der Waals surface area contributed by atoms with Crippen molar-refractivity contribution in [2.24, 2.45) is 0 Å². The molecule has 0 unspecified atom stereocenters. The summed E-state index contributed by atoms with van der Waals surface area (Å²) >= 11 is 0. The van der Waals surface area contributed by atoms with E-state index in [-0.39, 0.29) is 36.4 Å². The number of carbonyl (C=O) groups excluding carboxylic acids is 3. The number of sulfonamides is 2. The molecule has 2 saturated heterocycles. The quantitative estimate of drug-likeness (QED) is 0.144. The van der Waals surface area contributed by atoms with Crippen LogP contribution in [0.4, 0.5) is 0 Å². The summed E-state index contributed by atoms with van der Waals surface area (Å²) in [6.45, 7) is 3.19. The molecule has 6 aliphatic rings. The number of nitrogens with zero attached hydrogens (tertiary/aromatic N) is 6. The lowest BCUT2D eigenvalue weighted by molar-refractivity contribution is -0.129. The highest BCUT2D eigenvalue weighted by Crippen LogP contribution is 2.49. The van der Waals surface area contributed by atoms with Crippen LogP contribution >= 0.6 is 0 Å². The molecule has 79 heavy (non-hydrogen) atoms. The molecule has 0 atom stereocenters. The van der Waals surface area contributed by atoms with Crippen molar-refractivity contribution in [1.29, 1.82) is 0 Å². The number of piperazine rings is 2. The molecule has 16 nitrogen and oxygen atoms in total. The van der Waals surface area contributed by atoms with Gasteiger partial charge in [0.1, 0.15) is 0 Å². The highest BCUT2D eigenvalue weighted by molar-refractivity contribution is 7.88. The number of aromatic nitrogens is 2. The number of carboxylic acid groups (broad SMARTS) is 1. The standard InChI is InChI=1S/C31H35N3O5S.C30H33N3O5S/c1-39-31(36)23-12-13-26-27(19-23)34-20-24(30(35)32-14-16-33(17-15-32)40(2,37)38)18-22-10-6-7-11-25(22)29(34)28(26)21-8-4-3-5-9-21;1-39(37,38)32-15-13-31(14-16-32)29(34)23-17-21-9-5-6-10-24(21)28-27(20-7-3-2-4-8-20)25-12-11-22(30(35)36)18-26(25)33(28)19-23/h6-7,10-13,18-19,21H,3-5,8-9,14-17,20H2,1-2H3;5-6,9-12,17-18,20H,2-4,7-8,13-16,19H2,1H3,(H,35,36). The van der Waals surface area contributed by atoms with Crippen LogP contribution in [0.5, 0.6) is 0 Å². The van der Waals surface area contributed by atoms with Crippen molar-refractivity contribution in [2.45, 2.75) is 89.1 Å². The minimum atomic E-state index is -3.30. The topological polar surface area (TPSA) is 189 Å². The Morgan fingerprint density at radius 3 is 1.30 bits per heavy atom. The predicted molar refractivity (Wildman–Crippen MR) is 307 cm³/mol. The summed E-state index contributed by atoms with van der Waals surface area (Å²) in [7, 11) is -5.21. The smallest absolute Gasteiger partial charge is 0.337 e. The molecule has 0 bridgehead atoms. The summed E-state index contributed by atoms with van der Waals surface area (Å²) < 4.78 is 60.2. The number of aromatic carboxylic acids is 1. The van der Waals surface area contributed by atoms with Gasteiger partial charge in [-0.25, -0.2) is 26.4 Å². The van der Waals surface area contributed by atoms with E-state index >= 15 is 0 Å². The molecule has 414 valence electrons. The Balaban J connectivity index is 0.000000167. The Labute approximate surface area is 462 Å². The lowest BCUT2D eigenvalue weighted by Crippen LogP contribution is -2.50. The van der Waals surface area contributed by atoms with Crippen LogP contribution in [-0.4, -0.2) is 145 Å². The van der Waals surface area contributed by atoms with Gasteiger partial charge in [-0.3, -0.25) is 9.59 Å². The average Bonchev–Trinajstić information content (AvgIpc) is 3.96. The molecule has 2 aliphatic carbocycles. The van der Waals surface area contributed by atoms with Gasteiger partial charge in [0.05, 0.1) is 55.2 Å². The molecule has 4 aliphatic heterocycles. The highest BCUT2D eigenvalue weighted by atomic mass is 32.2. The van der Waals surface area contributed by atoms with Crippen LogP contribution in [0.3, 0.4) is 0 Å². The molecule has 2 aromatic heterocycles. The number of rotatable bonds is 8. The first-order valence-electron chi connectivity index (χ1n) is 27.7. The van der Waals surface area contributed by atoms with Crippen LogP contribution in [0.2, 0.25) is 0 Å². The van der Waals surface area contributed by atoms with E-state index in [4.69, 9.17) is 4.74 Å². The number of carboxylic acids is 1. The van der Waals surface area contributed by atoms with Crippen LogP contribution in [-0.2, 0) is 47.5 Å². The Hall–Kier alpha value is -6.86. The molecular formula is C61H68N6O10S2. The molecule has 0 spiro atoms. The Morgan fingerprint density at radius 2 is 0.911 bits per heavy atom. The fourth-order valence-electron chi connectivity index (χ4n) is 13.2. The minimum Gasteiger partial charge on any atom is -0.478 e. The number of methoxy groups -OCH3 is 1. The van der Waals surface area contributed by atoms with E-state index in [0.29, 0.717) is 80.9 Å². The van der Waals surface area contributed by atoms with Crippen molar-refractivity contribution in [2.75, 3.05) is 72.0 Å². The van der Waals surface area contributed by atoms with Crippen molar-refractivity contribution in [3.05, 3.63) is 129 Å². The van der Waals surface area contributed by atoms with Crippen molar-refractivity contribution in [1.82, 2.24) is 27.5 Å². The first kappa shape index (κ1) is 54.1. The number of ether oxygens (including phenoxy) is 1. The van der Waals surface area contributed by atoms with E-state index in [0.717, 1.165) is 81.1 Å². The van der Waals surface area contributed by atoms with Gasteiger partial charge in [-0.15, -0.1) is 0 Å². The molecule has 2 saturated carbocycles. The fraction of sp³-hybridized carbons (Fsp3) is 0.410. The van der Waals surface area contributed by atoms with Gasteiger partial charge in [-0.05, 0) is 96.2 Å². The van der Waals surface area contributed by atoms with Crippen LogP contribution in [0.1, 0.15) is 119 Å². The Bertz CT molecular complexity index is 3720. The van der Waals surface area contributed by atoms with Gasteiger partial charge in [0, 0.05) is 96.4 Å².